The van der Waals surface area contributed by atoms with Gasteiger partial charge in [0.2, 0.25) is 5.88 Å². The molecular weight excluding hydrogens is 446 g/mol. The van der Waals surface area contributed by atoms with Gasteiger partial charge in [0.1, 0.15) is 22.5 Å². The molecule has 178 valence electrons. The first-order valence-electron chi connectivity index (χ1n) is 11.1. The highest BCUT2D eigenvalue weighted by Crippen LogP contribution is 2.56. The van der Waals surface area contributed by atoms with E-state index in [1.165, 1.54) is 6.20 Å². The van der Waals surface area contributed by atoms with Crippen molar-refractivity contribution < 1.29 is 23.1 Å². The Bertz CT molecular complexity index is 1250. The molecule has 3 heterocycles. The third kappa shape index (κ3) is 4.25. The first-order chi connectivity index (χ1) is 16.3. The topological polar surface area (TPSA) is 124 Å². The Labute approximate surface area is 193 Å². The van der Waals surface area contributed by atoms with E-state index in [2.05, 4.69) is 20.6 Å². The number of nitrogens with two attached hydrogens (primary N) is 1. The summed E-state index contributed by atoms with van der Waals surface area (Å²) in [5.74, 6) is -0.323. The van der Waals surface area contributed by atoms with Crippen molar-refractivity contribution in [3.8, 4) is 5.88 Å². The largest absolute Gasteiger partial charge is 0.470 e. The summed E-state index contributed by atoms with van der Waals surface area (Å²) in [7, 11) is 0. The molecule has 34 heavy (non-hydrogen) atoms. The van der Waals surface area contributed by atoms with Crippen LogP contribution in [-0.2, 0) is 0 Å². The van der Waals surface area contributed by atoms with Crippen molar-refractivity contribution in [1.82, 2.24) is 19.7 Å². The highest BCUT2D eigenvalue weighted by molar-refractivity contribution is 5.95. The fraction of sp³-hybridized carbons (Fsp3) is 0.391. The molecule has 2 aliphatic rings. The highest BCUT2D eigenvalue weighted by Gasteiger charge is 2.60. The Balaban J connectivity index is 1.21. The molecule has 3 aromatic heterocycles. The number of hydrogen-bond acceptors (Lipinski definition) is 6. The van der Waals surface area contributed by atoms with Crippen LogP contribution in [0.15, 0.2) is 42.9 Å². The number of carbonyl (C=O) groups is 2. The SMILES string of the molecule is NC(=O)c1cccnc1O[C@@]12CC[C@H](NC(=O)c3cnc4cc(NCC(F)F)ccn34)CC1C2. The molecule has 2 saturated carbocycles. The van der Waals surface area contributed by atoms with E-state index >= 15 is 0 Å². The number of hydrogen-bond donors (Lipinski definition) is 3. The van der Waals surface area contributed by atoms with Crippen LogP contribution >= 0.6 is 0 Å². The number of aromatic nitrogens is 3. The van der Waals surface area contributed by atoms with Crippen molar-refractivity contribution in [3.63, 3.8) is 0 Å². The lowest BCUT2D eigenvalue weighted by atomic mass is 9.93. The molecule has 0 bridgehead atoms. The van der Waals surface area contributed by atoms with E-state index in [1.54, 1.807) is 41.1 Å². The molecule has 3 aromatic rings. The Hall–Kier alpha value is -3.76. The van der Waals surface area contributed by atoms with Gasteiger partial charge in [-0.2, -0.15) is 0 Å². The monoisotopic (exact) mass is 470 g/mol. The molecule has 11 heteroatoms. The number of alkyl halides is 2. The number of nitrogens with one attached hydrogen (secondary N) is 2. The number of anilines is 1. The van der Waals surface area contributed by atoms with Gasteiger partial charge in [-0.3, -0.25) is 14.0 Å². The number of carbonyl (C=O) groups excluding carboxylic acids is 2. The summed E-state index contributed by atoms with van der Waals surface area (Å²) >= 11 is 0. The van der Waals surface area contributed by atoms with Crippen LogP contribution in [0, 0.1) is 5.92 Å². The van der Waals surface area contributed by atoms with Crippen molar-refractivity contribution in [2.75, 3.05) is 11.9 Å². The van der Waals surface area contributed by atoms with Crippen LogP contribution in [0.5, 0.6) is 5.88 Å². The molecule has 3 atom stereocenters. The molecule has 0 aliphatic heterocycles. The number of imidazole rings is 1. The first-order valence-corrected chi connectivity index (χ1v) is 11.1. The number of pyridine rings is 2. The zero-order chi connectivity index (χ0) is 23.9. The summed E-state index contributed by atoms with van der Waals surface area (Å²) in [4.78, 5) is 33.0. The average molecular weight is 470 g/mol. The van der Waals surface area contributed by atoms with Crippen LogP contribution in [0.2, 0.25) is 0 Å². The zero-order valence-electron chi connectivity index (χ0n) is 18.2. The van der Waals surface area contributed by atoms with Crippen molar-refractivity contribution in [2.24, 2.45) is 11.7 Å². The Morgan fingerprint density at radius 1 is 1.32 bits per heavy atom. The van der Waals surface area contributed by atoms with Crippen molar-refractivity contribution in [3.05, 3.63) is 54.1 Å². The van der Waals surface area contributed by atoms with Crippen molar-refractivity contribution >= 4 is 23.1 Å². The minimum Gasteiger partial charge on any atom is -0.470 e. The lowest BCUT2D eigenvalue weighted by Gasteiger charge is -2.29. The summed E-state index contributed by atoms with van der Waals surface area (Å²) in [5, 5.41) is 5.71. The smallest absolute Gasteiger partial charge is 0.270 e. The molecule has 9 nitrogen and oxygen atoms in total. The van der Waals surface area contributed by atoms with Gasteiger partial charge >= 0.3 is 0 Å². The van der Waals surface area contributed by atoms with Gasteiger partial charge in [-0.25, -0.2) is 18.7 Å². The fourth-order valence-corrected chi connectivity index (χ4v) is 4.71. The van der Waals surface area contributed by atoms with Gasteiger partial charge in [-0.15, -0.1) is 0 Å². The molecule has 0 spiro atoms. The van der Waals surface area contributed by atoms with Crippen molar-refractivity contribution in [2.45, 2.75) is 43.8 Å². The molecular formula is C23H24F2N6O3. The lowest BCUT2D eigenvalue weighted by Crippen LogP contribution is -2.41. The standard InChI is InChI=1S/C23H24F2N6O3/c24-18(25)12-28-14-4-7-31-17(11-29-19(31)9-14)21(33)30-15-3-5-23(10-13(23)8-15)34-22-16(20(26)32)2-1-6-27-22/h1-2,4,6-7,9,11,13,15,18,28H,3,5,8,10,12H2,(H2,26,32)(H,30,33)/t13?,15-,23+/m0/s1. The molecule has 5 rings (SSSR count). The molecule has 2 fully saturated rings. The molecule has 4 N–H and O–H groups in total. The molecule has 2 amide bonds. The van der Waals surface area contributed by atoms with Crippen LogP contribution in [-0.4, -0.2) is 50.8 Å². The van der Waals surface area contributed by atoms with E-state index in [9.17, 15) is 18.4 Å². The van der Waals surface area contributed by atoms with E-state index in [1.807, 2.05) is 0 Å². The lowest BCUT2D eigenvalue weighted by molar-refractivity contribution is 0.0844. The Morgan fingerprint density at radius 2 is 2.18 bits per heavy atom. The maximum absolute atomic E-state index is 12.9. The highest BCUT2D eigenvalue weighted by atomic mass is 19.3. The van der Waals surface area contributed by atoms with Crippen LogP contribution in [0.25, 0.3) is 5.65 Å². The van der Waals surface area contributed by atoms with Crippen LogP contribution in [0.1, 0.15) is 46.5 Å². The van der Waals surface area contributed by atoms with Crippen LogP contribution < -0.4 is 21.1 Å². The second-order valence-corrected chi connectivity index (χ2v) is 8.79. The van der Waals surface area contributed by atoms with Crippen LogP contribution in [0.4, 0.5) is 14.5 Å². The number of amides is 2. The van der Waals surface area contributed by atoms with Gasteiger partial charge in [-0.1, -0.05) is 0 Å². The summed E-state index contributed by atoms with van der Waals surface area (Å²) in [6, 6.07) is 6.46. The quantitative estimate of drug-likeness (QED) is 0.465. The van der Waals surface area contributed by atoms with E-state index in [0.29, 0.717) is 17.0 Å². The molecule has 0 saturated heterocycles. The van der Waals surface area contributed by atoms with Gasteiger partial charge in [0.05, 0.1) is 12.7 Å². The van der Waals surface area contributed by atoms with E-state index < -0.39 is 18.9 Å². The second kappa shape index (κ2) is 8.54. The second-order valence-electron chi connectivity index (χ2n) is 8.79. The maximum Gasteiger partial charge on any atom is 0.270 e. The third-order valence-corrected chi connectivity index (χ3v) is 6.54. The molecule has 1 unspecified atom stereocenters. The van der Waals surface area contributed by atoms with Gasteiger partial charge in [-0.05, 0) is 43.9 Å². The predicted molar refractivity (Wildman–Crippen MR) is 119 cm³/mol. The average Bonchev–Trinajstić information content (AvgIpc) is 3.34. The van der Waals surface area contributed by atoms with E-state index in [-0.39, 0.29) is 34.9 Å². The van der Waals surface area contributed by atoms with E-state index in [0.717, 1.165) is 25.7 Å². The number of nitrogens with zero attached hydrogens (tertiary/aromatic N) is 3. The number of halogens is 2. The minimum absolute atomic E-state index is 0.0198. The minimum atomic E-state index is -2.46. The van der Waals surface area contributed by atoms with Gasteiger partial charge in [0, 0.05) is 36.1 Å². The van der Waals surface area contributed by atoms with Crippen LogP contribution in [0.3, 0.4) is 0 Å². The summed E-state index contributed by atoms with van der Waals surface area (Å²) < 4.78 is 32.6. The predicted octanol–water partition coefficient (Wildman–Crippen LogP) is 2.63. The maximum atomic E-state index is 12.9. The summed E-state index contributed by atoms with van der Waals surface area (Å²) in [6.07, 6.45) is 5.24. The van der Waals surface area contributed by atoms with E-state index in [4.69, 9.17) is 10.5 Å². The normalized spacial score (nSPS) is 23.4. The number of ether oxygens (including phenoxy) is 1. The van der Waals surface area contributed by atoms with Gasteiger partial charge < -0.3 is 21.1 Å². The Kier molecular flexibility index (Phi) is 5.54. The number of primary amides is 1. The molecule has 2 aliphatic carbocycles. The first kappa shape index (κ1) is 22.1. The van der Waals surface area contributed by atoms with Crippen molar-refractivity contribution in [1.29, 1.82) is 0 Å². The summed E-state index contributed by atoms with van der Waals surface area (Å²) in [5.41, 5.74) is 6.69. The molecule has 0 radical (unpaired) electrons. The zero-order valence-corrected chi connectivity index (χ0v) is 18.2. The fourth-order valence-electron chi connectivity index (χ4n) is 4.71. The molecule has 0 aromatic carbocycles. The van der Waals surface area contributed by atoms with Gasteiger partial charge in [0.15, 0.2) is 0 Å². The Morgan fingerprint density at radius 3 is 2.94 bits per heavy atom. The summed E-state index contributed by atoms with van der Waals surface area (Å²) in [6.45, 7) is -0.456. The van der Waals surface area contributed by atoms with Gasteiger partial charge in [0.25, 0.3) is 18.2 Å². The number of rotatable bonds is 8. The third-order valence-electron chi connectivity index (χ3n) is 6.54. The number of fused-ring (bicyclic) bond motifs is 2.